The van der Waals surface area contributed by atoms with Crippen LogP contribution >= 0.6 is 0 Å². The molecule has 2 saturated heterocycles. The molecule has 2 aromatic rings. The van der Waals surface area contributed by atoms with Crippen LogP contribution in [0.2, 0.25) is 0 Å². The van der Waals surface area contributed by atoms with Crippen LogP contribution in [0.15, 0.2) is 29.1 Å². The maximum Gasteiger partial charge on any atom is 0.334 e. The van der Waals surface area contributed by atoms with Crippen molar-refractivity contribution in [1.29, 1.82) is 0 Å². The highest BCUT2D eigenvalue weighted by Crippen LogP contribution is 2.34. The van der Waals surface area contributed by atoms with Crippen LogP contribution in [0, 0.1) is 0 Å². The number of carboxylic acid groups (broad SMARTS) is 1. The van der Waals surface area contributed by atoms with E-state index in [0.717, 1.165) is 19.8 Å². The number of hydrogen-bond donors (Lipinski definition) is 3. The fourth-order valence-electron chi connectivity index (χ4n) is 4.02. The van der Waals surface area contributed by atoms with E-state index < -0.39 is 5.97 Å². The van der Waals surface area contributed by atoms with Crippen molar-refractivity contribution >= 4 is 23.0 Å². The van der Waals surface area contributed by atoms with Crippen molar-refractivity contribution in [1.82, 2.24) is 19.8 Å². The van der Waals surface area contributed by atoms with Gasteiger partial charge in [-0.25, -0.2) is 14.2 Å². The number of carbonyl (C=O) groups excluding carboxylic acids is 1. The van der Waals surface area contributed by atoms with Crippen molar-refractivity contribution in [2.75, 3.05) is 7.05 Å². The topological polar surface area (TPSA) is 107 Å². The van der Waals surface area contributed by atoms with Gasteiger partial charge in [0.05, 0.1) is 11.0 Å². The number of imidazole rings is 1. The maximum atomic E-state index is 12.5. The Morgan fingerprint density at radius 3 is 2.38 bits per heavy atom. The third-order valence-electron chi connectivity index (χ3n) is 5.22. The number of aromatic amines is 1. The number of hydrogen-bond acceptors (Lipinski definition) is 4. The number of H-pyrrole nitrogens is 1. The Morgan fingerprint density at radius 1 is 1.19 bits per heavy atom. The number of piperidine rings is 1. The summed E-state index contributed by atoms with van der Waals surface area (Å²) in [6, 6.07) is 8.21. The molecule has 2 aliphatic heterocycles. The molecule has 26 heavy (non-hydrogen) atoms. The number of carboxylic acids is 1. The molecule has 0 spiro atoms. The smallest absolute Gasteiger partial charge is 0.334 e. The number of aliphatic carboxylic acids is 1. The van der Waals surface area contributed by atoms with Gasteiger partial charge in [0.15, 0.2) is 0 Å². The van der Waals surface area contributed by atoms with Crippen LogP contribution in [0.3, 0.4) is 0 Å². The molecule has 0 saturated carbocycles. The van der Waals surface area contributed by atoms with Crippen LogP contribution in [0.4, 0.5) is 4.79 Å². The van der Waals surface area contributed by atoms with E-state index in [4.69, 9.17) is 9.90 Å². The molecule has 1 aromatic carbocycles. The number of amides is 1. The second-order valence-electron chi connectivity index (χ2n) is 6.97. The summed E-state index contributed by atoms with van der Waals surface area (Å²) < 4.78 is 1.20. The molecule has 8 nitrogen and oxygen atoms in total. The van der Waals surface area contributed by atoms with E-state index in [1.54, 1.807) is 12.1 Å². The van der Waals surface area contributed by atoms with Crippen LogP contribution in [0.1, 0.15) is 32.6 Å². The zero-order valence-corrected chi connectivity index (χ0v) is 14.9. The number of nitrogens with zero attached hydrogens (tertiary/aromatic N) is 2. The number of fused-ring (bicyclic) bond motifs is 3. The molecule has 0 radical (unpaired) electrons. The minimum atomic E-state index is -0.833. The zero-order chi connectivity index (χ0) is 18.8. The van der Waals surface area contributed by atoms with Crippen LogP contribution in [0.5, 0.6) is 0 Å². The highest BCUT2D eigenvalue weighted by Gasteiger charge is 2.39. The normalized spacial score (nSPS) is 24.8. The highest BCUT2D eigenvalue weighted by atomic mass is 16.4. The van der Waals surface area contributed by atoms with Gasteiger partial charge < -0.3 is 20.3 Å². The van der Waals surface area contributed by atoms with E-state index in [9.17, 15) is 9.59 Å². The largest absolute Gasteiger partial charge is 0.481 e. The van der Waals surface area contributed by atoms with Gasteiger partial charge in [0.1, 0.15) is 0 Å². The molecule has 2 bridgehead atoms. The lowest BCUT2D eigenvalue weighted by Crippen LogP contribution is -2.50. The highest BCUT2D eigenvalue weighted by molar-refractivity contribution is 5.89. The van der Waals surface area contributed by atoms with Gasteiger partial charge in [-0.05, 0) is 44.9 Å². The number of nitrogens with one attached hydrogen (secondary N) is 2. The predicted octanol–water partition coefficient (Wildman–Crippen LogP) is 1.60. The van der Waals surface area contributed by atoms with Crippen LogP contribution in [0.25, 0.3) is 11.0 Å². The Kier molecular flexibility index (Phi) is 5.13. The fourth-order valence-corrected chi connectivity index (χ4v) is 4.02. The van der Waals surface area contributed by atoms with E-state index in [-0.39, 0.29) is 17.8 Å². The molecule has 3 atom stereocenters. The molecule has 0 unspecified atom stereocenters. The van der Waals surface area contributed by atoms with Crippen molar-refractivity contribution in [3.63, 3.8) is 0 Å². The van der Waals surface area contributed by atoms with Crippen LogP contribution < -0.4 is 11.0 Å². The van der Waals surface area contributed by atoms with Crippen LogP contribution in [-0.2, 0) is 4.79 Å². The van der Waals surface area contributed by atoms with Gasteiger partial charge in [0, 0.05) is 25.0 Å². The number of aromatic nitrogens is 2. The lowest BCUT2D eigenvalue weighted by atomic mass is 9.98. The van der Waals surface area contributed by atoms with Gasteiger partial charge in [0.2, 0.25) is 0 Å². The van der Waals surface area contributed by atoms with Crippen molar-refractivity contribution in [2.24, 2.45) is 0 Å². The molecular weight excluding hydrogens is 336 g/mol. The fraction of sp³-hybridized carbons (Fsp3) is 0.500. The number of para-hydroxylation sites is 2. The summed E-state index contributed by atoms with van der Waals surface area (Å²) in [4.78, 5) is 38.7. The predicted molar refractivity (Wildman–Crippen MR) is 97.4 cm³/mol. The summed E-state index contributed by atoms with van der Waals surface area (Å²) in [6.07, 6.45) is 4.35. The van der Waals surface area contributed by atoms with Gasteiger partial charge in [-0.3, -0.25) is 4.79 Å². The molecule has 3 N–H and O–H groups in total. The third kappa shape index (κ3) is 3.65. The Bertz CT molecular complexity index is 853. The average Bonchev–Trinajstić information content (AvgIpc) is 2.97. The van der Waals surface area contributed by atoms with Crippen molar-refractivity contribution in [3.05, 3.63) is 34.7 Å². The van der Waals surface area contributed by atoms with Gasteiger partial charge in [-0.2, -0.15) is 0 Å². The molecule has 1 aromatic heterocycles. The second kappa shape index (κ2) is 7.33. The summed E-state index contributed by atoms with van der Waals surface area (Å²) >= 11 is 0. The molecule has 2 aliphatic rings. The number of benzene rings is 1. The van der Waals surface area contributed by atoms with Crippen LogP contribution in [-0.4, -0.2) is 56.7 Å². The molecule has 2 fully saturated rings. The van der Waals surface area contributed by atoms with E-state index in [2.05, 4.69) is 22.2 Å². The molecular formula is C18H24N4O4. The lowest BCUT2D eigenvalue weighted by molar-refractivity contribution is -0.134. The van der Waals surface area contributed by atoms with E-state index >= 15 is 0 Å². The quantitative estimate of drug-likeness (QED) is 0.716. The summed E-state index contributed by atoms with van der Waals surface area (Å²) in [7, 11) is 2.17. The van der Waals surface area contributed by atoms with Gasteiger partial charge in [-0.1, -0.05) is 12.1 Å². The Morgan fingerprint density at radius 2 is 1.77 bits per heavy atom. The average molecular weight is 360 g/mol. The van der Waals surface area contributed by atoms with E-state index in [0.29, 0.717) is 23.1 Å². The van der Waals surface area contributed by atoms with Gasteiger partial charge >= 0.3 is 11.7 Å². The van der Waals surface area contributed by atoms with Gasteiger partial charge in [-0.15, -0.1) is 0 Å². The summed E-state index contributed by atoms with van der Waals surface area (Å²) in [5, 5.41) is 10.5. The lowest BCUT2D eigenvalue weighted by Gasteiger charge is -2.36. The molecule has 1 amide bonds. The monoisotopic (exact) mass is 360 g/mol. The maximum absolute atomic E-state index is 12.5. The summed E-state index contributed by atoms with van der Waals surface area (Å²) in [6.45, 7) is 1.08. The van der Waals surface area contributed by atoms with Gasteiger partial charge in [0.25, 0.3) is 5.97 Å². The van der Waals surface area contributed by atoms with Crippen molar-refractivity contribution in [2.45, 2.75) is 50.7 Å². The molecule has 4 rings (SSSR count). The Balaban J connectivity index is 0.000000447. The molecule has 3 heterocycles. The van der Waals surface area contributed by atoms with E-state index in [1.165, 1.54) is 17.4 Å². The molecule has 140 valence electrons. The minimum Gasteiger partial charge on any atom is -0.481 e. The number of carbonyl (C=O) groups is 2. The first-order valence-corrected chi connectivity index (χ1v) is 8.79. The number of rotatable bonds is 1. The first kappa shape index (κ1) is 18.2. The standard InChI is InChI=1S/C16H20N4O2.C2H4O2/c1-19-11-6-7-12(19)9-10(8-11)17-15(21)20-14-5-3-2-4-13(14)18-16(20)22;1-2(3)4/h2-5,10-12H,6-9H2,1H3,(H,17,21)(H,18,22);1H3,(H,3,4)/t10-,11+,12-;. The summed E-state index contributed by atoms with van der Waals surface area (Å²) in [5.41, 5.74) is 0.932. The van der Waals surface area contributed by atoms with Crippen molar-refractivity contribution in [3.8, 4) is 0 Å². The van der Waals surface area contributed by atoms with E-state index in [1.807, 2.05) is 12.1 Å². The zero-order valence-electron chi connectivity index (χ0n) is 14.9. The third-order valence-corrected chi connectivity index (χ3v) is 5.22. The first-order chi connectivity index (χ1) is 12.4. The minimum absolute atomic E-state index is 0.154. The Labute approximate surface area is 150 Å². The molecule has 0 aliphatic carbocycles. The summed E-state index contributed by atoms with van der Waals surface area (Å²) in [5.74, 6) is -0.833. The first-order valence-electron chi connectivity index (χ1n) is 8.79. The SMILES string of the molecule is CC(=O)O.CN1[C@@H]2CC[C@H]1C[C@@H](NC(=O)n1c(=O)[nH]c3ccccc31)C2. The second-order valence-corrected chi connectivity index (χ2v) is 6.97. The van der Waals surface area contributed by atoms with Crippen molar-refractivity contribution < 1.29 is 14.7 Å². The molecule has 8 heteroatoms. The Hall–Kier alpha value is -2.61.